The smallest absolute Gasteiger partial charge is 0.292 e. The molecule has 9 nitrogen and oxygen atoms in total. The maximum Gasteiger partial charge on any atom is 0.292 e. The monoisotopic (exact) mass is 436 g/mol. The molecular formula is C23H28N6O3. The average Bonchev–Trinajstić information content (AvgIpc) is 3.41. The highest BCUT2D eigenvalue weighted by atomic mass is 16.5. The summed E-state index contributed by atoms with van der Waals surface area (Å²) in [7, 11) is 0. The van der Waals surface area contributed by atoms with Crippen LogP contribution in [0, 0.1) is 13.8 Å². The quantitative estimate of drug-likeness (QED) is 0.656. The van der Waals surface area contributed by atoms with Gasteiger partial charge in [-0.15, -0.1) is 0 Å². The normalized spacial score (nSPS) is 21.1. The van der Waals surface area contributed by atoms with Crippen LogP contribution < -0.4 is 15.2 Å². The van der Waals surface area contributed by atoms with Gasteiger partial charge in [0.2, 0.25) is 5.88 Å². The Morgan fingerprint density at radius 2 is 2.09 bits per heavy atom. The summed E-state index contributed by atoms with van der Waals surface area (Å²) >= 11 is 0. The van der Waals surface area contributed by atoms with Crippen LogP contribution in [0.1, 0.15) is 43.3 Å². The van der Waals surface area contributed by atoms with E-state index in [4.69, 9.17) is 9.47 Å². The molecule has 2 atom stereocenters. The van der Waals surface area contributed by atoms with Crippen LogP contribution in [0.3, 0.4) is 0 Å². The van der Waals surface area contributed by atoms with E-state index in [1.54, 1.807) is 18.5 Å². The van der Waals surface area contributed by atoms with Crippen LogP contribution in [0.15, 0.2) is 35.4 Å². The SMILES string of the molecule is Cc1n[nH]c(C)c1-c1cccnc1OC1CCN(c2ccnn(C3CCCCO3)c2=O)C1. The Morgan fingerprint density at radius 3 is 2.88 bits per heavy atom. The van der Waals surface area contributed by atoms with Crippen LogP contribution in [-0.4, -0.2) is 50.8 Å². The van der Waals surface area contributed by atoms with E-state index in [1.807, 2.05) is 26.0 Å². The maximum absolute atomic E-state index is 13.1. The molecule has 0 aliphatic carbocycles. The van der Waals surface area contributed by atoms with Crippen molar-refractivity contribution in [2.75, 3.05) is 24.6 Å². The minimum Gasteiger partial charge on any atom is -0.472 e. The van der Waals surface area contributed by atoms with Gasteiger partial charge in [-0.25, -0.2) is 4.98 Å². The summed E-state index contributed by atoms with van der Waals surface area (Å²) in [6.45, 7) is 5.99. The zero-order valence-corrected chi connectivity index (χ0v) is 18.5. The third-order valence-electron chi connectivity index (χ3n) is 6.21. The number of H-pyrrole nitrogens is 1. The van der Waals surface area contributed by atoms with Crippen molar-refractivity contribution in [2.24, 2.45) is 0 Å². The first kappa shape index (κ1) is 20.7. The molecule has 3 aromatic heterocycles. The van der Waals surface area contributed by atoms with Gasteiger partial charge in [0.15, 0.2) is 6.23 Å². The van der Waals surface area contributed by atoms with E-state index < -0.39 is 0 Å². The molecule has 2 saturated heterocycles. The third-order valence-corrected chi connectivity index (χ3v) is 6.21. The van der Waals surface area contributed by atoms with Gasteiger partial charge in [-0.1, -0.05) is 0 Å². The Bertz CT molecular complexity index is 1130. The predicted molar refractivity (Wildman–Crippen MR) is 120 cm³/mol. The van der Waals surface area contributed by atoms with Crippen molar-refractivity contribution in [1.82, 2.24) is 25.0 Å². The van der Waals surface area contributed by atoms with E-state index in [9.17, 15) is 4.79 Å². The van der Waals surface area contributed by atoms with Crippen molar-refractivity contribution in [3.63, 3.8) is 0 Å². The summed E-state index contributed by atoms with van der Waals surface area (Å²) in [6.07, 6.45) is 6.78. The average molecular weight is 437 g/mol. The molecule has 0 bridgehead atoms. The Morgan fingerprint density at radius 1 is 1.19 bits per heavy atom. The van der Waals surface area contributed by atoms with E-state index in [2.05, 4.69) is 25.2 Å². The molecule has 2 fully saturated rings. The number of nitrogens with one attached hydrogen (secondary N) is 1. The van der Waals surface area contributed by atoms with Gasteiger partial charge in [0.25, 0.3) is 5.56 Å². The molecule has 2 aliphatic rings. The highest BCUT2D eigenvalue weighted by Crippen LogP contribution is 2.33. The molecule has 2 unspecified atom stereocenters. The van der Waals surface area contributed by atoms with Crippen molar-refractivity contribution in [2.45, 2.75) is 51.9 Å². The summed E-state index contributed by atoms with van der Waals surface area (Å²) in [5.41, 5.74) is 4.38. The second-order valence-corrected chi connectivity index (χ2v) is 8.43. The Kier molecular flexibility index (Phi) is 5.65. The van der Waals surface area contributed by atoms with E-state index >= 15 is 0 Å². The molecule has 9 heteroatoms. The number of pyridine rings is 1. The van der Waals surface area contributed by atoms with Gasteiger partial charge < -0.3 is 14.4 Å². The van der Waals surface area contributed by atoms with Crippen LogP contribution in [0.4, 0.5) is 5.69 Å². The summed E-state index contributed by atoms with van der Waals surface area (Å²) in [5, 5.41) is 11.6. The molecular weight excluding hydrogens is 408 g/mol. The van der Waals surface area contributed by atoms with Gasteiger partial charge in [0.05, 0.1) is 12.2 Å². The van der Waals surface area contributed by atoms with Crippen molar-refractivity contribution >= 4 is 5.69 Å². The predicted octanol–water partition coefficient (Wildman–Crippen LogP) is 3.00. The molecule has 2 aliphatic heterocycles. The zero-order valence-electron chi connectivity index (χ0n) is 18.5. The van der Waals surface area contributed by atoms with Gasteiger partial charge in [-0.3, -0.25) is 9.89 Å². The lowest BCUT2D eigenvalue weighted by atomic mass is 10.1. The number of hydrogen-bond acceptors (Lipinski definition) is 7. The van der Waals surface area contributed by atoms with Crippen LogP contribution in [-0.2, 0) is 4.74 Å². The fourth-order valence-electron chi connectivity index (χ4n) is 4.60. The number of rotatable bonds is 5. The maximum atomic E-state index is 13.1. The molecule has 32 heavy (non-hydrogen) atoms. The molecule has 0 spiro atoms. The molecule has 168 valence electrons. The lowest BCUT2D eigenvalue weighted by Crippen LogP contribution is -2.36. The highest BCUT2D eigenvalue weighted by molar-refractivity contribution is 5.72. The lowest BCUT2D eigenvalue weighted by Gasteiger charge is -2.25. The first-order valence-corrected chi connectivity index (χ1v) is 11.2. The van der Waals surface area contributed by atoms with Gasteiger partial charge in [-0.05, 0) is 51.3 Å². The van der Waals surface area contributed by atoms with Crippen LogP contribution in [0.5, 0.6) is 5.88 Å². The number of nitrogens with zero attached hydrogens (tertiary/aromatic N) is 5. The van der Waals surface area contributed by atoms with Crippen molar-refractivity contribution in [3.05, 3.63) is 52.3 Å². The molecule has 5 rings (SSSR count). The fourth-order valence-corrected chi connectivity index (χ4v) is 4.60. The number of aromatic amines is 1. The molecule has 0 aromatic carbocycles. The zero-order chi connectivity index (χ0) is 22.1. The van der Waals surface area contributed by atoms with Gasteiger partial charge in [0, 0.05) is 48.8 Å². The molecule has 0 amide bonds. The molecule has 1 N–H and O–H groups in total. The largest absolute Gasteiger partial charge is 0.472 e. The van der Waals surface area contributed by atoms with E-state index in [-0.39, 0.29) is 17.9 Å². The number of aromatic nitrogens is 5. The number of anilines is 1. The Labute approximate surface area is 186 Å². The number of ether oxygens (including phenoxy) is 2. The lowest BCUT2D eigenvalue weighted by molar-refractivity contribution is -0.0423. The Hall–Kier alpha value is -3.20. The molecule has 0 saturated carbocycles. The summed E-state index contributed by atoms with van der Waals surface area (Å²) < 4.78 is 13.6. The third kappa shape index (κ3) is 3.88. The summed E-state index contributed by atoms with van der Waals surface area (Å²) in [5.74, 6) is 0.592. The van der Waals surface area contributed by atoms with E-state index in [0.29, 0.717) is 24.7 Å². The van der Waals surface area contributed by atoms with Gasteiger partial charge in [0.1, 0.15) is 11.8 Å². The fraction of sp³-hybridized carbons (Fsp3) is 0.478. The van der Waals surface area contributed by atoms with E-state index in [1.165, 1.54) is 4.68 Å². The topological polar surface area (TPSA) is 98.2 Å². The standard InChI is InChI=1S/C23H28N6O3/c1-15-21(16(2)27-26-15)18-6-5-10-24-22(18)32-17-9-12-28(14-17)19-8-11-25-29(23(19)30)20-7-3-4-13-31-20/h5-6,8,10-11,17,20H,3-4,7,9,12-14H2,1-2H3,(H,26,27). The first-order chi connectivity index (χ1) is 15.6. The minimum atomic E-state index is -0.275. The van der Waals surface area contributed by atoms with E-state index in [0.717, 1.165) is 54.7 Å². The van der Waals surface area contributed by atoms with Crippen molar-refractivity contribution < 1.29 is 9.47 Å². The van der Waals surface area contributed by atoms with Crippen LogP contribution in [0.2, 0.25) is 0 Å². The number of hydrogen-bond donors (Lipinski definition) is 1. The molecule has 5 heterocycles. The van der Waals surface area contributed by atoms with Crippen LogP contribution in [0.25, 0.3) is 11.1 Å². The van der Waals surface area contributed by atoms with Gasteiger partial charge >= 0.3 is 0 Å². The Balaban J connectivity index is 1.34. The van der Waals surface area contributed by atoms with Crippen molar-refractivity contribution in [3.8, 4) is 17.0 Å². The van der Waals surface area contributed by atoms with Crippen molar-refractivity contribution in [1.29, 1.82) is 0 Å². The highest BCUT2D eigenvalue weighted by Gasteiger charge is 2.29. The minimum absolute atomic E-state index is 0.0666. The van der Waals surface area contributed by atoms with Crippen LogP contribution >= 0.6 is 0 Å². The second kappa shape index (κ2) is 8.74. The first-order valence-electron chi connectivity index (χ1n) is 11.2. The molecule has 3 aromatic rings. The number of aryl methyl sites for hydroxylation is 2. The second-order valence-electron chi connectivity index (χ2n) is 8.43. The van der Waals surface area contributed by atoms with Gasteiger partial charge in [-0.2, -0.15) is 14.9 Å². The molecule has 0 radical (unpaired) electrons. The summed E-state index contributed by atoms with van der Waals surface area (Å²) in [6, 6.07) is 5.70. The summed E-state index contributed by atoms with van der Waals surface area (Å²) in [4.78, 5) is 19.7.